The van der Waals surface area contributed by atoms with Crippen molar-refractivity contribution in [1.29, 1.82) is 0 Å². The zero-order valence-electron chi connectivity index (χ0n) is 15.5. The zero-order valence-corrected chi connectivity index (χ0v) is 15.5. The highest BCUT2D eigenvalue weighted by Gasteiger charge is 1.97. The van der Waals surface area contributed by atoms with Crippen LogP contribution in [0.1, 0.15) is 96.8 Å². The highest BCUT2D eigenvalue weighted by Crippen LogP contribution is 2.12. The van der Waals surface area contributed by atoms with Crippen LogP contribution in [0, 0.1) is 0 Å². The first kappa shape index (κ1) is 22.7. The van der Waals surface area contributed by atoms with Crippen LogP contribution in [0.25, 0.3) is 0 Å². The first-order valence-corrected chi connectivity index (χ1v) is 9.85. The monoisotopic (exact) mass is 339 g/mol. The van der Waals surface area contributed by atoms with Gasteiger partial charge in [-0.25, -0.2) is 4.79 Å². The average molecular weight is 340 g/mol. The van der Waals surface area contributed by atoms with E-state index in [9.17, 15) is 9.59 Å². The van der Waals surface area contributed by atoms with Crippen molar-refractivity contribution in [3.63, 3.8) is 0 Å². The molecular formula is C20H37NO3. The van der Waals surface area contributed by atoms with E-state index >= 15 is 0 Å². The van der Waals surface area contributed by atoms with E-state index in [-0.39, 0.29) is 5.91 Å². The SMILES string of the molecule is CCCCCCCCCCCCCCCCNC(=O)C=CC(=O)O. The van der Waals surface area contributed by atoms with Crippen LogP contribution in [-0.4, -0.2) is 23.5 Å². The highest BCUT2D eigenvalue weighted by atomic mass is 16.4. The van der Waals surface area contributed by atoms with Gasteiger partial charge < -0.3 is 10.4 Å². The first-order valence-electron chi connectivity index (χ1n) is 9.85. The van der Waals surface area contributed by atoms with Gasteiger partial charge in [-0.3, -0.25) is 4.79 Å². The average Bonchev–Trinajstić information content (AvgIpc) is 2.56. The molecule has 0 aliphatic heterocycles. The Kier molecular flexibility index (Phi) is 17.0. The van der Waals surface area contributed by atoms with Gasteiger partial charge in [0.1, 0.15) is 0 Å². The van der Waals surface area contributed by atoms with Crippen LogP contribution in [0.4, 0.5) is 0 Å². The third kappa shape index (κ3) is 18.7. The van der Waals surface area contributed by atoms with Gasteiger partial charge in [0, 0.05) is 18.7 Å². The summed E-state index contributed by atoms with van der Waals surface area (Å²) in [5, 5.41) is 11.1. The van der Waals surface area contributed by atoms with Crippen molar-refractivity contribution in [3.05, 3.63) is 12.2 Å². The van der Waals surface area contributed by atoms with Crippen molar-refractivity contribution >= 4 is 11.9 Å². The normalized spacial score (nSPS) is 11.0. The molecular weight excluding hydrogens is 302 g/mol. The lowest BCUT2D eigenvalue weighted by molar-refractivity contribution is -0.131. The number of hydrogen-bond donors (Lipinski definition) is 2. The number of hydrogen-bond acceptors (Lipinski definition) is 2. The molecule has 0 unspecified atom stereocenters. The van der Waals surface area contributed by atoms with Crippen molar-refractivity contribution in [2.45, 2.75) is 96.8 Å². The molecule has 140 valence electrons. The maximum Gasteiger partial charge on any atom is 0.328 e. The molecule has 0 fully saturated rings. The van der Waals surface area contributed by atoms with Crippen LogP contribution >= 0.6 is 0 Å². The number of carbonyl (C=O) groups is 2. The third-order valence-electron chi connectivity index (χ3n) is 4.21. The van der Waals surface area contributed by atoms with Gasteiger partial charge in [-0.05, 0) is 6.42 Å². The van der Waals surface area contributed by atoms with E-state index in [1.165, 1.54) is 77.0 Å². The van der Waals surface area contributed by atoms with Crippen LogP contribution in [0.15, 0.2) is 12.2 Å². The largest absolute Gasteiger partial charge is 0.478 e. The summed E-state index contributed by atoms with van der Waals surface area (Å²) in [4.78, 5) is 21.5. The molecule has 0 aliphatic carbocycles. The van der Waals surface area contributed by atoms with Crippen LogP contribution in [0.2, 0.25) is 0 Å². The third-order valence-corrected chi connectivity index (χ3v) is 4.21. The van der Waals surface area contributed by atoms with Crippen molar-refractivity contribution in [2.75, 3.05) is 6.54 Å². The lowest BCUT2D eigenvalue weighted by Gasteiger charge is -2.04. The summed E-state index contributed by atoms with van der Waals surface area (Å²) in [6.07, 6.45) is 20.3. The number of rotatable bonds is 17. The quantitative estimate of drug-likeness (QED) is 0.282. The van der Waals surface area contributed by atoms with Gasteiger partial charge in [-0.1, -0.05) is 90.4 Å². The van der Waals surface area contributed by atoms with Gasteiger partial charge in [-0.2, -0.15) is 0 Å². The van der Waals surface area contributed by atoms with E-state index in [1.54, 1.807) is 0 Å². The lowest BCUT2D eigenvalue weighted by atomic mass is 10.0. The molecule has 24 heavy (non-hydrogen) atoms. The summed E-state index contributed by atoms with van der Waals surface area (Å²) in [6, 6.07) is 0. The minimum Gasteiger partial charge on any atom is -0.478 e. The molecule has 0 saturated heterocycles. The second-order valence-electron chi connectivity index (χ2n) is 6.56. The fourth-order valence-electron chi connectivity index (χ4n) is 2.74. The predicted octanol–water partition coefficient (Wildman–Crippen LogP) is 5.22. The smallest absolute Gasteiger partial charge is 0.328 e. The molecule has 1 amide bonds. The Morgan fingerprint density at radius 3 is 1.54 bits per heavy atom. The van der Waals surface area contributed by atoms with Gasteiger partial charge in [0.25, 0.3) is 0 Å². The minimum absolute atomic E-state index is 0.327. The van der Waals surface area contributed by atoms with Gasteiger partial charge in [0.15, 0.2) is 0 Å². The Labute approximate surface area is 148 Å². The number of carbonyl (C=O) groups excluding carboxylic acids is 1. The Hall–Kier alpha value is -1.32. The van der Waals surface area contributed by atoms with E-state index in [1.807, 2.05) is 0 Å². The Morgan fingerprint density at radius 1 is 0.708 bits per heavy atom. The molecule has 4 nitrogen and oxygen atoms in total. The van der Waals surface area contributed by atoms with Crippen molar-refractivity contribution < 1.29 is 14.7 Å². The predicted molar refractivity (Wildman–Crippen MR) is 100 cm³/mol. The van der Waals surface area contributed by atoms with Gasteiger partial charge >= 0.3 is 5.97 Å². The number of nitrogens with one attached hydrogen (secondary N) is 1. The second-order valence-corrected chi connectivity index (χ2v) is 6.56. The second kappa shape index (κ2) is 18.0. The number of amides is 1. The summed E-state index contributed by atoms with van der Waals surface area (Å²) in [5.41, 5.74) is 0. The molecule has 0 spiro atoms. The molecule has 0 aromatic heterocycles. The number of carboxylic acids is 1. The minimum atomic E-state index is -1.10. The molecule has 0 saturated carbocycles. The van der Waals surface area contributed by atoms with Crippen molar-refractivity contribution in [1.82, 2.24) is 5.32 Å². The molecule has 2 N–H and O–H groups in total. The molecule has 4 heteroatoms. The summed E-state index contributed by atoms with van der Waals surface area (Å²) in [6.45, 7) is 2.89. The van der Waals surface area contributed by atoms with E-state index in [0.717, 1.165) is 25.0 Å². The van der Waals surface area contributed by atoms with Gasteiger partial charge in [0.2, 0.25) is 5.91 Å². The molecule has 0 bridgehead atoms. The van der Waals surface area contributed by atoms with Crippen LogP contribution < -0.4 is 5.32 Å². The van der Waals surface area contributed by atoms with Crippen LogP contribution in [-0.2, 0) is 9.59 Å². The standard InChI is InChI=1S/C20H37NO3/c1-2-3-4-5-6-7-8-9-10-11-12-13-14-15-18-21-19(22)16-17-20(23)24/h16-17H,2-15,18H2,1H3,(H,21,22)(H,23,24). The molecule has 0 aromatic rings. The number of carboxylic acid groups (broad SMARTS) is 1. The molecule has 0 radical (unpaired) electrons. The molecule has 0 heterocycles. The van der Waals surface area contributed by atoms with E-state index in [0.29, 0.717) is 6.54 Å². The van der Waals surface area contributed by atoms with Crippen LogP contribution in [0.5, 0.6) is 0 Å². The molecule has 0 atom stereocenters. The summed E-state index contributed by atoms with van der Waals surface area (Å²) in [7, 11) is 0. The van der Waals surface area contributed by atoms with Gasteiger partial charge in [-0.15, -0.1) is 0 Å². The van der Waals surface area contributed by atoms with E-state index in [4.69, 9.17) is 5.11 Å². The molecule has 0 aromatic carbocycles. The van der Waals surface area contributed by atoms with E-state index < -0.39 is 5.97 Å². The number of aliphatic carboxylic acids is 1. The Bertz CT molecular complexity index is 340. The fraction of sp³-hybridized carbons (Fsp3) is 0.800. The zero-order chi connectivity index (χ0) is 17.9. The van der Waals surface area contributed by atoms with Gasteiger partial charge in [0.05, 0.1) is 0 Å². The first-order chi connectivity index (χ1) is 11.7. The number of unbranched alkanes of at least 4 members (excludes halogenated alkanes) is 13. The maximum absolute atomic E-state index is 11.2. The van der Waals surface area contributed by atoms with Crippen molar-refractivity contribution in [3.8, 4) is 0 Å². The summed E-state index contributed by atoms with van der Waals surface area (Å²) < 4.78 is 0. The Morgan fingerprint density at radius 2 is 1.12 bits per heavy atom. The van der Waals surface area contributed by atoms with Crippen LogP contribution in [0.3, 0.4) is 0 Å². The maximum atomic E-state index is 11.2. The summed E-state index contributed by atoms with van der Waals surface area (Å²) >= 11 is 0. The van der Waals surface area contributed by atoms with E-state index in [2.05, 4.69) is 12.2 Å². The highest BCUT2D eigenvalue weighted by molar-refractivity contribution is 5.93. The lowest BCUT2D eigenvalue weighted by Crippen LogP contribution is -2.22. The summed E-state index contributed by atoms with van der Waals surface area (Å²) in [5.74, 6) is -1.42. The van der Waals surface area contributed by atoms with Crippen molar-refractivity contribution in [2.24, 2.45) is 0 Å². The fourth-order valence-corrected chi connectivity index (χ4v) is 2.74. The molecule has 0 aliphatic rings. The topological polar surface area (TPSA) is 66.4 Å². The Balaban J connectivity index is 3.15. The molecule has 0 rings (SSSR count).